The number of hydrogen-bond acceptors (Lipinski definition) is 12. The van der Waals surface area contributed by atoms with Gasteiger partial charge < -0.3 is 8.83 Å². The molecule has 0 N–H and O–H groups in total. The molecule has 12 nitrogen and oxygen atoms in total. The third kappa shape index (κ3) is 14.4. The Morgan fingerprint density at radius 1 is 0.127 bits per heavy atom. The molecule has 0 unspecified atom stereocenters. The minimum absolute atomic E-state index is 0.626. The van der Waals surface area contributed by atoms with Gasteiger partial charge >= 0.3 is 0 Å². The number of benzene rings is 18. The van der Waals surface area contributed by atoms with E-state index in [1.807, 2.05) is 133 Å². The highest BCUT2D eigenvalue weighted by molar-refractivity contribution is 6.11. The molecular weight excluding hydrogens is 1540 g/mol. The van der Waals surface area contributed by atoms with Crippen molar-refractivity contribution in [2.45, 2.75) is 0 Å². The highest BCUT2D eigenvalue weighted by atomic mass is 16.3. The number of aromatic nitrogens is 10. The number of hydrogen-bond donors (Lipinski definition) is 0. The van der Waals surface area contributed by atoms with Crippen molar-refractivity contribution in [3.63, 3.8) is 0 Å². The third-order valence-corrected chi connectivity index (χ3v) is 23.5. The zero-order valence-corrected chi connectivity index (χ0v) is 67.7. The molecule has 12 heteroatoms. The van der Waals surface area contributed by atoms with Gasteiger partial charge in [0.25, 0.3) is 0 Å². The average molecular weight is 1610 g/mol. The Morgan fingerprint density at radius 2 is 0.381 bits per heavy atom. The SMILES string of the molecule is c1ccc(-c2ccc(-c3nc(-c4ccccc4)nc(-c4ccc(-c5cccc(-c6ccc(-c7ccc8nc9cc%10c(cc9nc8c7)oc7ccccc7%10)cc6)c5)cc4)n3)cc2)cc1.c1ccc(-c2ccc(-c3nc(-c4ccccc4)nc(-c4ccc(-c5cccc(-c6ccc(-c7cccc8nc9cc%10oc%11ccccc%11c%10cc9nc78)cc6)c5)cc4)n3)cc2)cc1. The Kier molecular flexibility index (Phi) is 18.6. The van der Waals surface area contributed by atoms with Crippen molar-refractivity contribution in [2.24, 2.45) is 0 Å². The molecule has 0 atom stereocenters. The van der Waals surface area contributed by atoms with Gasteiger partial charge in [0, 0.05) is 72.6 Å². The first-order chi connectivity index (χ1) is 62.3. The van der Waals surface area contributed by atoms with Crippen molar-refractivity contribution in [2.75, 3.05) is 0 Å². The van der Waals surface area contributed by atoms with Crippen LogP contribution in [0.25, 0.3) is 245 Å². The van der Waals surface area contributed by atoms with E-state index in [4.69, 9.17) is 58.7 Å². The predicted octanol–water partition coefficient (Wildman–Crippen LogP) is 29.1. The number of nitrogens with zero attached hydrogens (tertiary/aromatic N) is 10. The zero-order chi connectivity index (χ0) is 83.4. The van der Waals surface area contributed by atoms with Crippen molar-refractivity contribution >= 4 is 88.0 Å². The van der Waals surface area contributed by atoms with Crippen LogP contribution in [-0.2, 0) is 0 Å². The molecular formula is C114H70N10O2. The monoisotopic (exact) mass is 1610 g/mol. The molecule has 588 valence electrons. The number of rotatable bonds is 14. The van der Waals surface area contributed by atoms with Gasteiger partial charge in [0.05, 0.1) is 44.1 Å². The Labute approximate surface area is 724 Å². The molecule has 0 aliphatic rings. The van der Waals surface area contributed by atoms with Crippen molar-refractivity contribution in [1.82, 2.24) is 49.8 Å². The van der Waals surface area contributed by atoms with Gasteiger partial charge in [0.2, 0.25) is 0 Å². The molecule has 0 aliphatic heterocycles. The Balaban J connectivity index is 0.000000145. The standard InChI is InChI=1S/2C57H35N5O/c1-3-11-36(12-4-1)37-23-29-42(30-24-37)56-60-55(41-13-5-2-6-14-41)61-57(62-56)43-31-25-39(26-32-43)45-16-9-15-44(33-45)38-21-27-40(28-22-38)46-18-10-19-49-54(46)59-50-34-48-47-17-7-8-20-52(47)63-53(48)35-51(50)58-49;1-3-10-36(11-4-1)37-22-26-42(27-23-37)56-60-55(41-12-5-2-6-13-41)61-57(62-56)43-28-24-39(25-29-43)45-15-9-14-44(32-45)38-18-20-40(21-19-38)46-30-31-49-50(33-46)59-52-35-54-48(34-51(52)58-49)47-16-7-8-17-53(47)63-54/h2*1-35H. The van der Waals surface area contributed by atoms with Gasteiger partial charge in [-0.15, -0.1) is 0 Å². The first-order valence-corrected chi connectivity index (χ1v) is 41.9. The molecule has 24 rings (SSSR count). The number of furan rings is 2. The summed E-state index contributed by atoms with van der Waals surface area (Å²) >= 11 is 0. The summed E-state index contributed by atoms with van der Waals surface area (Å²) in [6, 6.07) is 146. The van der Waals surface area contributed by atoms with Gasteiger partial charge in [0.15, 0.2) is 34.9 Å². The maximum atomic E-state index is 6.14. The van der Waals surface area contributed by atoms with Crippen molar-refractivity contribution < 1.29 is 8.83 Å². The van der Waals surface area contributed by atoms with E-state index in [1.54, 1.807) is 0 Å². The number of para-hydroxylation sites is 3. The molecule has 6 heterocycles. The van der Waals surface area contributed by atoms with Crippen LogP contribution in [0, 0.1) is 0 Å². The fourth-order valence-electron chi connectivity index (χ4n) is 16.9. The summed E-state index contributed by atoms with van der Waals surface area (Å²) < 4.78 is 12.3. The summed E-state index contributed by atoms with van der Waals surface area (Å²) in [6.45, 7) is 0. The van der Waals surface area contributed by atoms with Gasteiger partial charge in [-0.05, 0) is 138 Å². The lowest BCUT2D eigenvalue weighted by Gasteiger charge is -2.11. The second kappa shape index (κ2) is 31.7. The van der Waals surface area contributed by atoms with E-state index in [2.05, 4.69) is 291 Å². The van der Waals surface area contributed by atoms with Crippen LogP contribution in [0.3, 0.4) is 0 Å². The fourth-order valence-corrected chi connectivity index (χ4v) is 16.9. The van der Waals surface area contributed by atoms with E-state index >= 15 is 0 Å². The molecule has 0 aliphatic carbocycles. The maximum Gasteiger partial charge on any atom is 0.164 e. The highest BCUT2D eigenvalue weighted by Crippen LogP contribution is 2.40. The molecule has 126 heavy (non-hydrogen) atoms. The molecule has 0 amide bonds. The lowest BCUT2D eigenvalue weighted by atomic mass is 9.96. The summed E-state index contributed by atoms with van der Waals surface area (Å²) in [5.41, 5.74) is 33.7. The molecule has 18 aromatic carbocycles. The normalized spacial score (nSPS) is 11.5. The number of fused-ring (bicyclic) bond motifs is 10. The lowest BCUT2D eigenvalue weighted by Crippen LogP contribution is -2.00. The Hall–Kier alpha value is -17.2. The summed E-state index contributed by atoms with van der Waals surface area (Å²) in [5.74, 6) is 3.79. The predicted molar refractivity (Wildman–Crippen MR) is 512 cm³/mol. The highest BCUT2D eigenvalue weighted by Gasteiger charge is 2.20. The van der Waals surface area contributed by atoms with Gasteiger partial charge in [0.1, 0.15) is 22.3 Å². The van der Waals surface area contributed by atoms with E-state index in [1.165, 1.54) is 11.1 Å². The summed E-state index contributed by atoms with van der Waals surface area (Å²) in [7, 11) is 0. The van der Waals surface area contributed by atoms with Gasteiger partial charge in [-0.25, -0.2) is 49.8 Å². The molecule has 0 fully saturated rings. The molecule has 0 saturated carbocycles. The molecule has 0 spiro atoms. The van der Waals surface area contributed by atoms with Crippen LogP contribution in [0.5, 0.6) is 0 Å². The topological polar surface area (TPSA) is 155 Å². The quantitative estimate of drug-likeness (QED) is 0.0952. The van der Waals surface area contributed by atoms with E-state index in [9.17, 15) is 0 Å². The van der Waals surface area contributed by atoms with Crippen LogP contribution in [0.2, 0.25) is 0 Å². The second-order valence-corrected chi connectivity index (χ2v) is 31.4. The molecule has 0 bridgehead atoms. The van der Waals surface area contributed by atoms with Crippen LogP contribution in [-0.4, -0.2) is 49.8 Å². The average Bonchev–Trinajstić information content (AvgIpc) is 1.57. The smallest absolute Gasteiger partial charge is 0.164 e. The first kappa shape index (κ1) is 73.9. The van der Waals surface area contributed by atoms with Crippen LogP contribution in [0.1, 0.15) is 0 Å². The van der Waals surface area contributed by atoms with Gasteiger partial charge in [-0.2, -0.15) is 0 Å². The van der Waals surface area contributed by atoms with Crippen molar-refractivity contribution in [3.8, 4) is 157 Å². The molecule has 0 saturated heterocycles. The minimum atomic E-state index is 0.626. The largest absolute Gasteiger partial charge is 0.456 e. The Morgan fingerprint density at radius 3 is 0.770 bits per heavy atom. The van der Waals surface area contributed by atoms with E-state index in [0.29, 0.717) is 34.9 Å². The zero-order valence-electron chi connectivity index (χ0n) is 67.7. The van der Waals surface area contributed by atoms with Gasteiger partial charge in [-0.1, -0.05) is 358 Å². The van der Waals surface area contributed by atoms with Gasteiger partial charge in [-0.3, -0.25) is 0 Å². The van der Waals surface area contributed by atoms with Crippen molar-refractivity contribution in [3.05, 3.63) is 425 Å². The lowest BCUT2D eigenvalue weighted by molar-refractivity contribution is 0.669. The molecule has 24 aromatic rings. The second-order valence-electron chi connectivity index (χ2n) is 31.4. The summed E-state index contributed by atoms with van der Waals surface area (Å²) in [6.07, 6.45) is 0. The van der Waals surface area contributed by atoms with E-state index < -0.39 is 0 Å². The molecule has 6 aromatic heterocycles. The third-order valence-electron chi connectivity index (χ3n) is 23.5. The van der Waals surface area contributed by atoms with Crippen LogP contribution < -0.4 is 0 Å². The summed E-state index contributed by atoms with van der Waals surface area (Å²) in [5, 5.41) is 4.26. The fraction of sp³-hybridized carbons (Fsp3) is 0. The van der Waals surface area contributed by atoms with Crippen LogP contribution in [0.15, 0.2) is 433 Å². The van der Waals surface area contributed by atoms with E-state index in [-0.39, 0.29) is 0 Å². The summed E-state index contributed by atoms with van der Waals surface area (Å²) in [4.78, 5) is 50.0. The van der Waals surface area contributed by atoms with Crippen LogP contribution in [0.4, 0.5) is 0 Å². The first-order valence-electron chi connectivity index (χ1n) is 41.9. The van der Waals surface area contributed by atoms with Crippen LogP contribution >= 0.6 is 0 Å². The van der Waals surface area contributed by atoms with E-state index in [0.717, 1.165) is 199 Å². The molecule has 0 radical (unpaired) electrons. The van der Waals surface area contributed by atoms with Crippen molar-refractivity contribution in [1.29, 1.82) is 0 Å². The Bertz CT molecular complexity index is 8240. The maximum absolute atomic E-state index is 6.14. The minimum Gasteiger partial charge on any atom is -0.456 e.